The van der Waals surface area contributed by atoms with Gasteiger partial charge in [-0.3, -0.25) is 0 Å². The van der Waals surface area contributed by atoms with Gasteiger partial charge in [0.2, 0.25) is 0 Å². The monoisotopic (exact) mass is 652 g/mol. The van der Waals surface area contributed by atoms with Crippen molar-refractivity contribution in [2.24, 2.45) is 50.2 Å². The number of aliphatic hydroxyl groups excluding tert-OH is 8. The molecule has 0 aromatic heterocycles. The zero-order valence-corrected chi connectivity index (χ0v) is 28.8. The molecule has 0 radical (unpaired) electrons. The molecule has 0 aromatic rings. The Bertz CT molecular complexity index is 1210. The lowest BCUT2D eigenvalue weighted by molar-refractivity contribution is -0.329. The highest BCUT2D eigenvalue weighted by atomic mass is 16.7. The van der Waals surface area contributed by atoms with E-state index in [1.807, 2.05) is 26.8 Å². The molecule has 0 spiro atoms. The van der Waals surface area contributed by atoms with Crippen molar-refractivity contribution in [3.63, 3.8) is 0 Å². The molecule has 264 valence electrons. The molecular formula is C36H60O10. The summed E-state index contributed by atoms with van der Waals surface area (Å²) in [6.07, 6.45) is -2.52. The summed E-state index contributed by atoms with van der Waals surface area (Å²) >= 11 is 0. The third-order valence-electron chi connectivity index (χ3n) is 15.5. The van der Waals surface area contributed by atoms with Gasteiger partial charge in [-0.15, -0.1) is 0 Å². The van der Waals surface area contributed by atoms with Crippen LogP contribution in [0.4, 0.5) is 0 Å². The van der Waals surface area contributed by atoms with Crippen LogP contribution in [0, 0.1) is 50.2 Å². The summed E-state index contributed by atoms with van der Waals surface area (Å²) < 4.78 is 12.2. The summed E-state index contributed by atoms with van der Waals surface area (Å²) in [6, 6.07) is 0. The van der Waals surface area contributed by atoms with E-state index in [1.54, 1.807) is 6.92 Å². The van der Waals surface area contributed by atoms with Gasteiger partial charge in [0.15, 0.2) is 6.29 Å². The van der Waals surface area contributed by atoms with Gasteiger partial charge >= 0.3 is 0 Å². The normalized spacial score (nSPS) is 58.2. The molecule has 17 atom stereocenters. The minimum absolute atomic E-state index is 0.0440. The zero-order valence-electron chi connectivity index (χ0n) is 28.8. The molecule has 0 bridgehead atoms. The topological polar surface area (TPSA) is 180 Å². The Morgan fingerprint density at radius 3 is 2.11 bits per heavy atom. The molecule has 5 fully saturated rings. The fraction of sp³-hybridized carbons (Fsp3) is 0.944. The average Bonchev–Trinajstić information content (AvgIpc) is 2.98. The summed E-state index contributed by atoms with van der Waals surface area (Å²) in [6.45, 7) is 14.1. The van der Waals surface area contributed by atoms with Gasteiger partial charge < -0.3 is 50.3 Å². The third-order valence-corrected chi connectivity index (χ3v) is 15.5. The van der Waals surface area contributed by atoms with Crippen LogP contribution >= 0.6 is 0 Å². The molecule has 5 aliphatic carbocycles. The summed E-state index contributed by atoms with van der Waals surface area (Å²) in [5.41, 5.74) is -2.15. The van der Waals surface area contributed by atoms with Crippen LogP contribution < -0.4 is 0 Å². The van der Waals surface area contributed by atoms with E-state index >= 15 is 0 Å². The van der Waals surface area contributed by atoms with Crippen LogP contribution in [0.1, 0.15) is 93.4 Å². The first-order valence-corrected chi connectivity index (χ1v) is 17.6. The van der Waals surface area contributed by atoms with Crippen molar-refractivity contribution in [2.45, 2.75) is 149 Å². The SMILES string of the molecule is C[C@H]1O[C@@H](O[C@H]2CC[C@@]3(C)[C@@H](CC[C@]4(C)[C@@H]3[C@H](O)C=C3[C@@H]5CC(C)(C)[C@@H](O)C[C@]5(CO)[C@@H](O)C[C@]34C)[C@]2(C)CO)[C@H](O)[C@@H](O)[C@H]1O. The van der Waals surface area contributed by atoms with Crippen LogP contribution in [0.25, 0.3) is 0 Å². The van der Waals surface area contributed by atoms with E-state index < -0.39 is 87.6 Å². The molecular weight excluding hydrogens is 592 g/mol. The second-order valence-corrected chi connectivity index (χ2v) is 18.0. The maximum atomic E-state index is 12.3. The Kier molecular flexibility index (Phi) is 8.54. The van der Waals surface area contributed by atoms with Crippen LogP contribution in [0.2, 0.25) is 0 Å². The number of allylic oxidation sites excluding steroid dienone is 1. The lowest BCUT2D eigenvalue weighted by Crippen LogP contribution is -2.70. The third kappa shape index (κ3) is 4.50. The molecule has 6 aliphatic rings. The first-order chi connectivity index (χ1) is 21.3. The predicted molar refractivity (Wildman–Crippen MR) is 169 cm³/mol. The van der Waals surface area contributed by atoms with Crippen molar-refractivity contribution in [3.8, 4) is 0 Å². The molecule has 0 unspecified atom stereocenters. The largest absolute Gasteiger partial charge is 0.396 e. The van der Waals surface area contributed by atoms with Gasteiger partial charge in [-0.1, -0.05) is 53.2 Å². The highest BCUT2D eigenvalue weighted by Gasteiger charge is 2.72. The fourth-order valence-electron chi connectivity index (χ4n) is 12.3. The number of hydrogen-bond donors (Lipinski definition) is 8. The van der Waals surface area contributed by atoms with Crippen molar-refractivity contribution < 1.29 is 50.3 Å². The highest BCUT2D eigenvalue weighted by molar-refractivity contribution is 5.37. The average molecular weight is 653 g/mol. The quantitative estimate of drug-likeness (QED) is 0.165. The Morgan fingerprint density at radius 2 is 1.48 bits per heavy atom. The molecule has 10 heteroatoms. The van der Waals surface area contributed by atoms with Crippen LogP contribution in [0.3, 0.4) is 0 Å². The first-order valence-electron chi connectivity index (χ1n) is 17.6. The van der Waals surface area contributed by atoms with E-state index in [4.69, 9.17) is 9.47 Å². The number of ether oxygens (including phenoxy) is 2. The Labute approximate surface area is 273 Å². The molecule has 46 heavy (non-hydrogen) atoms. The van der Waals surface area contributed by atoms with E-state index in [9.17, 15) is 40.9 Å². The van der Waals surface area contributed by atoms with Crippen molar-refractivity contribution in [1.82, 2.24) is 0 Å². The Balaban J connectivity index is 1.36. The van der Waals surface area contributed by atoms with Crippen molar-refractivity contribution >= 4 is 0 Å². The molecule has 1 aliphatic heterocycles. The summed E-state index contributed by atoms with van der Waals surface area (Å²) in [7, 11) is 0. The van der Waals surface area contributed by atoms with Crippen molar-refractivity contribution in [3.05, 3.63) is 11.6 Å². The van der Waals surface area contributed by atoms with Gasteiger partial charge in [-0.25, -0.2) is 0 Å². The summed E-state index contributed by atoms with van der Waals surface area (Å²) in [5, 5.41) is 88.4. The predicted octanol–water partition coefficient (Wildman–Crippen LogP) is 1.88. The maximum Gasteiger partial charge on any atom is 0.186 e. The number of fused-ring (bicyclic) bond motifs is 7. The van der Waals surface area contributed by atoms with Crippen LogP contribution in [0.15, 0.2) is 11.6 Å². The van der Waals surface area contributed by atoms with Crippen LogP contribution in [0.5, 0.6) is 0 Å². The van der Waals surface area contributed by atoms with E-state index in [0.29, 0.717) is 32.1 Å². The standard InChI is InChI=1S/C36H60O10/c1-18-26(42)27(43)28(44)30(45-18)46-25-9-10-32(4)22(33(25,5)16-37)8-11-34(6)29(32)21(39)12-19-20-13-31(2,3)23(40)15-36(20,17-38)24(41)14-35(19,34)7/h12,18,20-30,37-44H,8-11,13-17H2,1-7H3/t18-,20+,21-,22-,23+,24+,25+,26+,27+,28-,29-,30+,32+,33+,34-,35-,36-/m1/s1. The van der Waals surface area contributed by atoms with Gasteiger partial charge in [0, 0.05) is 16.7 Å². The molecule has 4 saturated carbocycles. The fourth-order valence-corrected chi connectivity index (χ4v) is 12.3. The van der Waals surface area contributed by atoms with Gasteiger partial charge in [-0.2, -0.15) is 0 Å². The first kappa shape index (κ1) is 35.2. The molecule has 0 aromatic carbocycles. The second-order valence-electron chi connectivity index (χ2n) is 18.0. The van der Waals surface area contributed by atoms with Crippen molar-refractivity contribution in [2.75, 3.05) is 13.2 Å². The van der Waals surface area contributed by atoms with E-state index in [-0.39, 0.29) is 31.0 Å². The van der Waals surface area contributed by atoms with E-state index in [1.165, 1.54) is 0 Å². The van der Waals surface area contributed by atoms with Gasteiger partial charge in [-0.05, 0) is 85.4 Å². The summed E-state index contributed by atoms with van der Waals surface area (Å²) in [4.78, 5) is 0. The summed E-state index contributed by atoms with van der Waals surface area (Å²) in [5.74, 6) is -0.394. The molecule has 1 heterocycles. The maximum absolute atomic E-state index is 12.3. The highest BCUT2D eigenvalue weighted by Crippen LogP contribution is 2.75. The molecule has 10 nitrogen and oxygen atoms in total. The number of aliphatic hydroxyl groups is 8. The van der Waals surface area contributed by atoms with Crippen molar-refractivity contribution in [1.29, 1.82) is 0 Å². The van der Waals surface area contributed by atoms with E-state index in [2.05, 4.69) is 20.8 Å². The molecule has 1 saturated heterocycles. The number of rotatable bonds is 4. The van der Waals surface area contributed by atoms with Gasteiger partial charge in [0.05, 0.1) is 43.7 Å². The Morgan fingerprint density at radius 1 is 0.804 bits per heavy atom. The van der Waals surface area contributed by atoms with E-state index in [0.717, 1.165) is 18.4 Å². The Hall–Kier alpha value is -0.660. The van der Waals surface area contributed by atoms with Crippen LogP contribution in [-0.4, -0.2) is 109 Å². The molecule has 0 amide bonds. The second kappa shape index (κ2) is 11.2. The van der Waals surface area contributed by atoms with Gasteiger partial charge in [0.1, 0.15) is 18.3 Å². The van der Waals surface area contributed by atoms with Crippen LogP contribution in [-0.2, 0) is 9.47 Å². The number of hydrogen-bond acceptors (Lipinski definition) is 10. The molecule has 8 N–H and O–H groups in total. The lowest BCUT2D eigenvalue weighted by Gasteiger charge is -2.73. The zero-order chi connectivity index (χ0) is 34.0. The van der Waals surface area contributed by atoms with Gasteiger partial charge in [0.25, 0.3) is 0 Å². The smallest absolute Gasteiger partial charge is 0.186 e. The minimum atomic E-state index is -1.43. The molecule has 6 rings (SSSR count). The lowest BCUT2D eigenvalue weighted by atomic mass is 9.32. The minimum Gasteiger partial charge on any atom is -0.396 e.